The Morgan fingerprint density at radius 3 is 2.47 bits per heavy atom. The van der Waals surface area contributed by atoms with Gasteiger partial charge in [-0.2, -0.15) is 0 Å². The molecule has 88 valence electrons. The third kappa shape index (κ3) is 1.92. The van der Waals surface area contributed by atoms with Gasteiger partial charge in [0, 0.05) is 6.42 Å². The monoisotopic (exact) mass is 234 g/mol. The van der Waals surface area contributed by atoms with Gasteiger partial charge in [-0.3, -0.25) is 0 Å². The van der Waals surface area contributed by atoms with Crippen molar-refractivity contribution in [1.82, 2.24) is 0 Å². The minimum absolute atomic E-state index is 0.0260. The Morgan fingerprint density at radius 1 is 1.18 bits per heavy atom. The number of carbonyl (C=O) groups is 2. The smallest absolute Gasteiger partial charge is 0.340 e. The lowest BCUT2D eigenvalue weighted by molar-refractivity contribution is -0.151. The van der Waals surface area contributed by atoms with Crippen LogP contribution in [0.1, 0.15) is 16.8 Å². The van der Waals surface area contributed by atoms with E-state index in [1.807, 2.05) is 0 Å². The van der Waals surface area contributed by atoms with Gasteiger partial charge in [0.1, 0.15) is 0 Å². The van der Waals surface area contributed by atoms with Crippen molar-refractivity contribution in [2.75, 3.05) is 0 Å². The molecule has 0 heterocycles. The first kappa shape index (κ1) is 11.3. The number of aromatic carboxylic acids is 1. The van der Waals surface area contributed by atoms with Gasteiger partial charge in [-0.25, -0.2) is 9.59 Å². The van der Waals surface area contributed by atoms with Crippen LogP contribution in [0.4, 0.5) is 0 Å². The summed E-state index contributed by atoms with van der Waals surface area (Å²) in [7, 11) is 0. The molecule has 5 heteroatoms. The van der Waals surface area contributed by atoms with E-state index in [0.717, 1.165) is 5.22 Å². The van der Waals surface area contributed by atoms with E-state index in [2.05, 4.69) is 0 Å². The number of rotatable bonds is 2. The van der Waals surface area contributed by atoms with E-state index in [-0.39, 0.29) is 12.0 Å². The van der Waals surface area contributed by atoms with Crippen molar-refractivity contribution in [2.24, 2.45) is 0 Å². The lowest BCUT2D eigenvalue weighted by atomic mass is 9.92. The molecule has 5 nitrogen and oxygen atoms in total. The van der Waals surface area contributed by atoms with Crippen LogP contribution in [-0.4, -0.2) is 32.9 Å². The molecule has 0 bridgehead atoms. The summed E-state index contributed by atoms with van der Waals surface area (Å²) < 4.78 is 0. The largest absolute Gasteiger partial charge is 0.479 e. The fraction of sp³-hybridized carbons (Fsp3) is 0.167. The number of hydrogen-bond acceptors (Lipinski definition) is 3. The molecule has 0 fully saturated rings. The Kier molecular flexibility index (Phi) is 2.48. The summed E-state index contributed by atoms with van der Waals surface area (Å²) in [6.07, 6.45) is 2.73. The molecule has 0 radical (unpaired) electrons. The van der Waals surface area contributed by atoms with E-state index < -0.39 is 17.5 Å². The predicted molar refractivity (Wildman–Crippen MR) is 58.8 cm³/mol. The van der Waals surface area contributed by atoms with Gasteiger partial charge in [0.05, 0.1) is 5.56 Å². The maximum absolute atomic E-state index is 10.9. The third-order valence-electron chi connectivity index (χ3n) is 2.73. The number of aliphatic carboxylic acids is 1. The van der Waals surface area contributed by atoms with Gasteiger partial charge >= 0.3 is 11.9 Å². The van der Waals surface area contributed by atoms with Crippen LogP contribution in [0.25, 0.3) is 12.2 Å². The molecule has 0 amide bonds. The van der Waals surface area contributed by atoms with Crippen LogP contribution in [0.2, 0.25) is 0 Å². The van der Waals surface area contributed by atoms with Gasteiger partial charge < -0.3 is 15.3 Å². The molecule has 0 aromatic heterocycles. The molecule has 3 N–H and O–H groups in total. The highest BCUT2D eigenvalue weighted by Crippen LogP contribution is 2.15. The van der Waals surface area contributed by atoms with E-state index in [4.69, 9.17) is 10.2 Å². The molecule has 1 aromatic carbocycles. The lowest BCUT2D eigenvalue weighted by Crippen LogP contribution is -2.43. The molecule has 0 aliphatic heterocycles. The molecule has 2 rings (SSSR count). The van der Waals surface area contributed by atoms with Crippen LogP contribution >= 0.6 is 0 Å². The third-order valence-corrected chi connectivity index (χ3v) is 2.73. The van der Waals surface area contributed by atoms with E-state index in [1.165, 1.54) is 18.2 Å². The zero-order valence-electron chi connectivity index (χ0n) is 8.75. The number of carboxylic acid groups (broad SMARTS) is 2. The second-order valence-corrected chi connectivity index (χ2v) is 3.93. The van der Waals surface area contributed by atoms with Crippen molar-refractivity contribution in [3.63, 3.8) is 0 Å². The highest BCUT2D eigenvalue weighted by molar-refractivity contribution is 5.89. The maximum Gasteiger partial charge on any atom is 0.340 e. The van der Waals surface area contributed by atoms with E-state index in [1.54, 1.807) is 12.1 Å². The van der Waals surface area contributed by atoms with Crippen LogP contribution in [0, 0.1) is 0 Å². The molecule has 0 spiro atoms. The summed E-state index contributed by atoms with van der Waals surface area (Å²) in [5.41, 5.74) is -1.90. The molecule has 1 aliphatic carbocycles. The van der Waals surface area contributed by atoms with E-state index in [9.17, 15) is 14.7 Å². The minimum atomic E-state index is -1.95. The molecule has 1 aliphatic rings. The summed E-state index contributed by atoms with van der Waals surface area (Å²) in [4.78, 5) is 21.7. The van der Waals surface area contributed by atoms with Crippen LogP contribution in [0.5, 0.6) is 0 Å². The zero-order valence-corrected chi connectivity index (χ0v) is 8.75. The number of carboxylic acids is 2. The van der Waals surface area contributed by atoms with Crippen molar-refractivity contribution >= 4 is 24.1 Å². The summed E-state index contributed by atoms with van der Waals surface area (Å²) in [5, 5.41) is 28.6. The topological polar surface area (TPSA) is 94.8 Å². The number of benzene rings is 1. The van der Waals surface area contributed by atoms with Crippen LogP contribution in [-0.2, 0) is 4.79 Å². The highest BCUT2D eigenvalue weighted by Gasteiger charge is 2.33. The van der Waals surface area contributed by atoms with E-state index in [0.29, 0.717) is 5.22 Å². The number of hydrogen-bond donors (Lipinski definition) is 3. The maximum atomic E-state index is 10.9. The normalized spacial score (nSPS) is 21.9. The van der Waals surface area contributed by atoms with Gasteiger partial charge in [-0.15, -0.1) is 0 Å². The van der Waals surface area contributed by atoms with E-state index >= 15 is 0 Å². The van der Waals surface area contributed by atoms with Crippen molar-refractivity contribution in [3.8, 4) is 0 Å². The number of fused-ring (bicyclic) bond motifs is 1. The van der Waals surface area contributed by atoms with Gasteiger partial charge in [-0.05, 0) is 28.6 Å². The minimum Gasteiger partial charge on any atom is -0.479 e. The molecule has 1 unspecified atom stereocenters. The lowest BCUT2D eigenvalue weighted by Gasteiger charge is -2.20. The summed E-state index contributed by atoms with van der Waals surface area (Å²) >= 11 is 0. The Labute approximate surface area is 95.9 Å². The van der Waals surface area contributed by atoms with Gasteiger partial charge in [0.15, 0.2) is 5.60 Å². The first-order valence-corrected chi connectivity index (χ1v) is 4.94. The fourth-order valence-electron chi connectivity index (χ4n) is 1.75. The number of aliphatic hydroxyl groups is 1. The van der Waals surface area contributed by atoms with Crippen molar-refractivity contribution in [3.05, 3.63) is 34.2 Å². The standard InChI is InChI=1S/C12H10O5/c13-10(14)8-2-1-7-3-4-12(17,11(15)16)6-9(7)5-8/h1-3,5-6,17H,4H2,(H,13,14)(H,15,16). The van der Waals surface area contributed by atoms with Crippen molar-refractivity contribution < 1.29 is 24.9 Å². The zero-order chi connectivity index (χ0) is 12.6. The molecular weight excluding hydrogens is 224 g/mol. The SMILES string of the molecule is O=C(O)c1ccc2c(c1)=CC(O)(C(=O)O)CC=2. The quantitative estimate of drug-likeness (QED) is 0.620. The molecule has 0 saturated heterocycles. The van der Waals surface area contributed by atoms with Gasteiger partial charge in [0.25, 0.3) is 0 Å². The first-order chi connectivity index (χ1) is 7.92. The Hall–Kier alpha value is -2.14. The molecule has 1 aromatic rings. The second kappa shape index (κ2) is 3.71. The van der Waals surface area contributed by atoms with Crippen LogP contribution in [0.3, 0.4) is 0 Å². The Bertz CT molecular complexity index is 616. The van der Waals surface area contributed by atoms with Gasteiger partial charge in [0.2, 0.25) is 0 Å². The Morgan fingerprint density at radius 2 is 1.88 bits per heavy atom. The summed E-state index contributed by atoms with van der Waals surface area (Å²) in [5.74, 6) is -2.44. The average Bonchev–Trinajstić information content (AvgIpc) is 2.27. The van der Waals surface area contributed by atoms with Crippen LogP contribution in [0.15, 0.2) is 18.2 Å². The fourth-order valence-corrected chi connectivity index (χ4v) is 1.75. The average molecular weight is 234 g/mol. The predicted octanol–water partition coefficient (Wildman–Crippen LogP) is -0.835. The Balaban J connectivity index is 2.65. The molecular formula is C12H10O5. The molecule has 0 saturated carbocycles. The van der Waals surface area contributed by atoms with Gasteiger partial charge in [-0.1, -0.05) is 12.1 Å². The van der Waals surface area contributed by atoms with Crippen molar-refractivity contribution in [2.45, 2.75) is 12.0 Å². The summed E-state index contributed by atoms with van der Waals surface area (Å²) in [6.45, 7) is 0. The first-order valence-electron chi connectivity index (χ1n) is 4.94. The second-order valence-electron chi connectivity index (χ2n) is 3.93. The highest BCUT2D eigenvalue weighted by atomic mass is 16.4. The van der Waals surface area contributed by atoms with Crippen molar-refractivity contribution in [1.29, 1.82) is 0 Å². The summed E-state index contributed by atoms with van der Waals surface area (Å²) in [6, 6.07) is 4.38. The van der Waals surface area contributed by atoms with Crippen LogP contribution < -0.4 is 10.4 Å². The molecule has 1 atom stereocenters. The molecule has 17 heavy (non-hydrogen) atoms.